The predicted molar refractivity (Wildman–Crippen MR) is 77.9 cm³/mol. The molecule has 0 spiro atoms. The first-order valence-corrected chi connectivity index (χ1v) is 7.05. The highest BCUT2D eigenvalue weighted by molar-refractivity contribution is 5.25. The van der Waals surface area contributed by atoms with E-state index in [1.165, 1.54) is 18.4 Å². The Morgan fingerprint density at radius 1 is 1.17 bits per heavy atom. The molecule has 1 aromatic carbocycles. The maximum Gasteiger partial charge on any atom is 0.0537 e. The minimum atomic E-state index is -0.162. The van der Waals surface area contributed by atoms with Gasteiger partial charge in [-0.25, -0.2) is 0 Å². The van der Waals surface area contributed by atoms with Crippen LogP contribution in [0.5, 0.6) is 0 Å². The second-order valence-electron chi connectivity index (χ2n) is 5.31. The third-order valence-corrected chi connectivity index (χ3v) is 3.67. The van der Waals surface area contributed by atoms with Crippen molar-refractivity contribution in [1.82, 2.24) is 4.90 Å². The third kappa shape index (κ3) is 4.11. The molecule has 18 heavy (non-hydrogen) atoms. The van der Waals surface area contributed by atoms with Crippen LogP contribution in [0.15, 0.2) is 30.3 Å². The number of hydrogen-bond acceptors (Lipinski definition) is 2. The van der Waals surface area contributed by atoms with Gasteiger partial charge in [-0.1, -0.05) is 57.5 Å². The minimum absolute atomic E-state index is 0.162. The van der Waals surface area contributed by atoms with E-state index in [9.17, 15) is 5.11 Å². The van der Waals surface area contributed by atoms with Crippen molar-refractivity contribution in [1.29, 1.82) is 0 Å². The fourth-order valence-corrected chi connectivity index (χ4v) is 2.30. The highest BCUT2D eigenvalue weighted by Crippen LogP contribution is 2.24. The van der Waals surface area contributed by atoms with Crippen LogP contribution in [0.25, 0.3) is 0 Å². The standard InChI is InChI=1S/C16H27NO/c1-4-6-12-17(5-2)13-16(3,14-18)15-10-8-7-9-11-15/h7-11,18H,4-6,12-14H2,1-3H3. The largest absolute Gasteiger partial charge is 0.395 e. The highest BCUT2D eigenvalue weighted by Gasteiger charge is 2.27. The van der Waals surface area contributed by atoms with Crippen LogP contribution < -0.4 is 0 Å². The van der Waals surface area contributed by atoms with Gasteiger partial charge in [0.25, 0.3) is 0 Å². The van der Waals surface area contributed by atoms with Crippen molar-refractivity contribution in [2.75, 3.05) is 26.2 Å². The molecule has 0 heterocycles. The van der Waals surface area contributed by atoms with Gasteiger partial charge in [0.05, 0.1) is 6.61 Å². The van der Waals surface area contributed by atoms with Crippen LogP contribution in [-0.4, -0.2) is 36.2 Å². The number of likely N-dealkylation sites (N-methyl/N-ethyl adjacent to an activating group) is 1. The van der Waals surface area contributed by atoms with Gasteiger partial charge in [-0.3, -0.25) is 0 Å². The molecular weight excluding hydrogens is 222 g/mol. The zero-order chi connectivity index (χ0) is 13.4. The first-order valence-electron chi connectivity index (χ1n) is 7.05. The van der Waals surface area contributed by atoms with Gasteiger partial charge in [-0.15, -0.1) is 0 Å². The van der Waals surface area contributed by atoms with E-state index < -0.39 is 0 Å². The molecule has 1 N–H and O–H groups in total. The van der Waals surface area contributed by atoms with Crippen LogP contribution in [0.4, 0.5) is 0 Å². The molecular formula is C16H27NO. The van der Waals surface area contributed by atoms with Crippen LogP contribution in [-0.2, 0) is 5.41 Å². The molecule has 2 nitrogen and oxygen atoms in total. The maximum atomic E-state index is 9.78. The second-order valence-corrected chi connectivity index (χ2v) is 5.31. The van der Waals surface area contributed by atoms with Gasteiger partial charge in [0.15, 0.2) is 0 Å². The number of benzene rings is 1. The smallest absolute Gasteiger partial charge is 0.0537 e. The second kappa shape index (κ2) is 7.55. The van der Waals surface area contributed by atoms with Crippen LogP contribution in [0.2, 0.25) is 0 Å². The molecule has 0 saturated carbocycles. The summed E-state index contributed by atoms with van der Waals surface area (Å²) in [7, 11) is 0. The molecule has 0 amide bonds. The topological polar surface area (TPSA) is 23.5 Å². The Morgan fingerprint density at radius 2 is 1.83 bits per heavy atom. The monoisotopic (exact) mass is 249 g/mol. The number of hydrogen-bond donors (Lipinski definition) is 1. The molecule has 0 aliphatic rings. The van der Waals surface area contributed by atoms with Crippen LogP contribution >= 0.6 is 0 Å². The molecule has 102 valence electrons. The summed E-state index contributed by atoms with van der Waals surface area (Å²) >= 11 is 0. The van der Waals surface area contributed by atoms with Crippen molar-refractivity contribution < 1.29 is 5.11 Å². The predicted octanol–water partition coefficient (Wildman–Crippen LogP) is 3.06. The Hall–Kier alpha value is -0.860. The number of nitrogens with zero attached hydrogens (tertiary/aromatic N) is 1. The Morgan fingerprint density at radius 3 is 2.33 bits per heavy atom. The Kier molecular flexibility index (Phi) is 6.37. The summed E-state index contributed by atoms with van der Waals surface area (Å²) < 4.78 is 0. The molecule has 0 aromatic heterocycles. The van der Waals surface area contributed by atoms with Gasteiger partial charge < -0.3 is 10.0 Å². The average molecular weight is 249 g/mol. The number of unbranched alkanes of at least 4 members (excludes halogenated alkanes) is 1. The molecule has 0 aliphatic carbocycles. The summed E-state index contributed by atoms with van der Waals surface area (Å²) in [5.74, 6) is 0. The molecule has 0 radical (unpaired) electrons. The molecule has 0 bridgehead atoms. The lowest BCUT2D eigenvalue weighted by molar-refractivity contribution is 0.146. The van der Waals surface area contributed by atoms with E-state index in [2.05, 4.69) is 37.8 Å². The van der Waals surface area contributed by atoms with Gasteiger partial charge in [-0.2, -0.15) is 0 Å². The van der Waals surface area contributed by atoms with E-state index in [-0.39, 0.29) is 12.0 Å². The summed E-state index contributed by atoms with van der Waals surface area (Å²) in [6.07, 6.45) is 2.45. The van der Waals surface area contributed by atoms with E-state index in [0.29, 0.717) is 0 Å². The van der Waals surface area contributed by atoms with Crippen molar-refractivity contribution in [3.63, 3.8) is 0 Å². The van der Waals surface area contributed by atoms with Crippen LogP contribution in [0.3, 0.4) is 0 Å². The van der Waals surface area contributed by atoms with Crippen molar-refractivity contribution in [2.24, 2.45) is 0 Å². The van der Waals surface area contributed by atoms with E-state index in [1.807, 2.05) is 18.2 Å². The van der Waals surface area contributed by atoms with Crippen molar-refractivity contribution in [2.45, 2.75) is 39.0 Å². The summed E-state index contributed by atoms with van der Waals surface area (Å²) in [5.41, 5.74) is 1.06. The maximum absolute atomic E-state index is 9.78. The summed E-state index contributed by atoms with van der Waals surface area (Å²) in [6, 6.07) is 10.3. The lowest BCUT2D eigenvalue weighted by Crippen LogP contribution is -2.41. The molecule has 1 aromatic rings. The normalized spacial score (nSPS) is 14.7. The average Bonchev–Trinajstić information content (AvgIpc) is 2.44. The molecule has 1 atom stereocenters. The van der Waals surface area contributed by atoms with E-state index in [1.54, 1.807) is 0 Å². The molecule has 1 unspecified atom stereocenters. The molecule has 1 rings (SSSR count). The molecule has 2 heteroatoms. The number of rotatable bonds is 8. The van der Waals surface area contributed by atoms with Crippen molar-refractivity contribution in [3.05, 3.63) is 35.9 Å². The Balaban J connectivity index is 2.75. The molecule has 0 fully saturated rings. The van der Waals surface area contributed by atoms with Gasteiger partial charge in [0, 0.05) is 12.0 Å². The Bertz CT molecular complexity index is 325. The van der Waals surface area contributed by atoms with Gasteiger partial charge in [0.2, 0.25) is 0 Å². The zero-order valence-corrected chi connectivity index (χ0v) is 12.0. The summed E-state index contributed by atoms with van der Waals surface area (Å²) in [4.78, 5) is 2.44. The van der Waals surface area contributed by atoms with Crippen LogP contribution in [0, 0.1) is 0 Å². The zero-order valence-electron chi connectivity index (χ0n) is 12.0. The third-order valence-electron chi connectivity index (χ3n) is 3.67. The van der Waals surface area contributed by atoms with E-state index in [0.717, 1.165) is 19.6 Å². The first-order chi connectivity index (χ1) is 8.66. The number of aliphatic hydroxyl groups excluding tert-OH is 1. The van der Waals surface area contributed by atoms with Gasteiger partial charge >= 0.3 is 0 Å². The Labute approximate surface area is 112 Å². The van der Waals surface area contributed by atoms with Crippen molar-refractivity contribution in [3.8, 4) is 0 Å². The lowest BCUT2D eigenvalue weighted by Gasteiger charge is -2.34. The number of aliphatic hydroxyl groups is 1. The van der Waals surface area contributed by atoms with Gasteiger partial charge in [0.1, 0.15) is 0 Å². The van der Waals surface area contributed by atoms with Crippen molar-refractivity contribution >= 4 is 0 Å². The fraction of sp³-hybridized carbons (Fsp3) is 0.625. The van der Waals surface area contributed by atoms with Crippen LogP contribution in [0.1, 0.15) is 39.2 Å². The van der Waals surface area contributed by atoms with E-state index in [4.69, 9.17) is 0 Å². The van der Waals surface area contributed by atoms with E-state index >= 15 is 0 Å². The summed E-state index contributed by atoms with van der Waals surface area (Å²) in [5, 5.41) is 9.78. The molecule has 0 saturated heterocycles. The fourth-order valence-electron chi connectivity index (χ4n) is 2.30. The minimum Gasteiger partial charge on any atom is -0.395 e. The van der Waals surface area contributed by atoms with Gasteiger partial charge in [-0.05, 0) is 25.1 Å². The highest BCUT2D eigenvalue weighted by atomic mass is 16.3. The molecule has 0 aliphatic heterocycles. The first kappa shape index (κ1) is 15.2. The SMILES string of the molecule is CCCCN(CC)CC(C)(CO)c1ccccc1. The summed E-state index contributed by atoms with van der Waals surface area (Å²) in [6.45, 7) is 9.84. The lowest BCUT2D eigenvalue weighted by atomic mass is 9.82. The quantitative estimate of drug-likeness (QED) is 0.765.